The summed E-state index contributed by atoms with van der Waals surface area (Å²) in [6.07, 6.45) is 1.09. The number of nitrogens with zero attached hydrogens (tertiary/aromatic N) is 1. The lowest BCUT2D eigenvalue weighted by atomic mass is 9.94. The second-order valence-electron chi connectivity index (χ2n) is 4.89. The first-order chi connectivity index (χ1) is 7.95. The van der Waals surface area contributed by atoms with Gasteiger partial charge in [-0.15, -0.1) is 0 Å². The van der Waals surface area contributed by atoms with E-state index in [4.69, 9.17) is 9.47 Å². The molecule has 1 heterocycles. The van der Waals surface area contributed by atoms with Gasteiger partial charge in [0.05, 0.1) is 13.2 Å². The molecule has 0 N–H and O–H groups in total. The first kappa shape index (κ1) is 14.9. The number of sulfonamides is 1. The maximum Gasteiger partial charge on any atom is 0.238 e. The third-order valence-corrected chi connectivity index (χ3v) is 4.44. The second-order valence-corrected chi connectivity index (χ2v) is 6.81. The van der Waals surface area contributed by atoms with Crippen molar-refractivity contribution in [3.05, 3.63) is 0 Å². The van der Waals surface area contributed by atoms with Crippen LogP contribution in [0.15, 0.2) is 0 Å². The van der Waals surface area contributed by atoms with Gasteiger partial charge >= 0.3 is 0 Å². The van der Waals surface area contributed by atoms with Gasteiger partial charge < -0.3 is 9.47 Å². The Morgan fingerprint density at radius 2 is 1.76 bits per heavy atom. The molecule has 102 valence electrons. The molecule has 1 aliphatic rings. The van der Waals surface area contributed by atoms with Crippen LogP contribution in [0.3, 0.4) is 0 Å². The zero-order valence-electron chi connectivity index (χ0n) is 10.9. The lowest BCUT2D eigenvalue weighted by Gasteiger charge is -2.33. The van der Waals surface area contributed by atoms with E-state index in [0.717, 1.165) is 6.42 Å². The van der Waals surface area contributed by atoms with E-state index in [9.17, 15) is 8.42 Å². The van der Waals surface area contributed by atoms with Crippen LogP contribution >= 0.6 is 0 Å². The smallest absolute Gasteiger partial charge is 0.238 e. The van der Waals surface area contributed by atoms with Crippen LogP contribution in [-0.4, -0.2) is 52.1 Å². The summed E-state index contributed by atoms with van der Waals surface area (Å²) < 4.78 is 35.5. The van der Waals surface area contributed by atoms with E-state index in [-0.39, 0.29) is 5.94 Å². The molecule has 0 spiro atoms. The molecule has 0 aromatic carbocycles. The van der Waals surface area contributed by atoms with Gasteiger partial charge in [-0.3, -0.25) is 0 Å². The lowest BCUT2D eigenvalue weighted by molar-refractivity contribution is 0.0897. The summed E-state index contributed by atoms with van der Waals surface area (Å²) in [5.41, 5.74) is 0. The summed E-state index contributed by atoms with van der Waals surface area (Å²) in [6.45, 7) is 6.13. The number of ether oxygens (including phenoxy) is 2. The predicted molar refractivity (Wildman–Crippen MR) is 66.1 cm³/mol. The molecule has 1 saturated heterocycles. The van der Waals surface area contributed by atoms with Crippen molar-refractivity contribution in [2.45, 2.75) is 20.3 Å². The Balaban J connectivity index is 2.45. The molecular formula is C11H23NO4S. The Kier molecular flexibility index (Phi) is 5.85. The van der Waals surface area contributed by atoms with Crippen molar-refractivity contribution in [3.8, 4) is 0 Å². The van der Waals surface area contributed by atoms with Crippen molar-refractivity contribution >= 4 is 10.0 Å². The zero-order chi connectivity index (χ0) is 12.9. The van der Waals surface area contributed by atoms with Crippen LogP contribution in [0.2, 0.25) is 0 Å². The minimum Gasteiger partial charge on any atom is -0.382 e. The molecular weight excluding hydrogens is 242 g/mol. The normalized spacial score (nSPS) is 27.2. The molecule has 2 unspecified atom stereocenters. The third kappa shape index (κ3) is 4.91. The Labute approximate surface area is 104 Å². The summed E-state index contributed by atoms with van der Waals surface area (Å²) in [6, 6.07) is 0. The summed E-state index contributed by atoms with van der Waals surface area (Å²) >= 11 is 0. The van der Waals surface area contributed by atoms with Gasteiger partial charge in [-0.25, -0.2) is 8.42 Å². The number of hydrogen-bond donors (Lipinski definition) is 0. The highest BCUT2D eigenvalue weighted by Crippen LogP contribution is 2.23. The molecule has 2 atom stereocenters. The average Bonchev–Trinajstić information content (AvgIpc) is 2.23. The lowest BCUT2D eigenvalue weighted by Crippen LogP contribution is -2.44. The first-order valence-electron chi connectivity index (χ1n) is 6.00. The molecule has 0 aromatic rings. The standard InChI is InChI=1S/C11H23NO4S/c1-10-6-11(2)8-12(7-10)17(13,14)9-16-5-4-15-3/h10-11H,4-9H2,1-3H3. The van der Waals surface area contributed by atoms with Crippen molar-refractivity contribution in [1.82, 2.24) is 4.31 Å². The van der Waals surface area contributed by atoms with Gasteiger partial charge in [0.2, 0.25) is 10.0 Å². The van der Waals surface area contributed by atoms with Crippen LogP contribution in [0, 0.1) is 11.8 Å². The average molecular weight is 265 g/mol. The van der Waals surface area contributed by atoms with E-state index < -0.39 is 10.0 Å². The SMILES string of the molecule is COCCOCS(=O)(=O)N1CC(C)CC(C)C1. The monoisotopic (exact) mass is 265 g/mol. The van der Waals surface area contributed by atoms with Crippen LogP contribution in [0.1, 0.15) is 20.3 Å². The fourth-order valence-electron chi connectivity index (χ4n) is 2.21. The molecule has 1 rings (SSSR count). The fraction of sp³-hybridized carbons (Fsp3) is 1.00. The fourth-order valence-corrected chi connectivity index (χ4v) is 3.65. The van der Waals surface area contributed by atoms with Crippen molar-refractivity contribution in [1.29, 1.82) is 0 Å². The van der Waals surface area contributed by atoms with Gasteiger partial charge in [-0.05, 0) is 18.3 Å². The van der Waals surface area contributed by atoms with Crippen molar-refractivity contribution < 1.29 is 17.9 Å². The van der Waals surface area contributed by atoms with Gasteiger partial charge in [-0.1, -0.05) is 13.8 Å². The Morgan fingerprint density at radius 1 is 1.18 bits per heavy atom. The van der Waals surface area contributed by atoms with Gasteiger partial charge in [0.25, 0.3) is 0 Å². The van der Waals surface area contributed by atoms with E-state index >= 15 is 0 Å². The molecule has 1 aliphatic heterocycles. The highest BCUT2D eigenvalue weighted by atomic mass is 32.2. The summed E-state index contributed by atoms with van der Waals surface area (Å²) in [5.74, 6) is 0.607. The van der Waals surface area contributed by atoms with E-state index in [2.05, 4.69) is 13.8 Å². The first-order valence-corrected chi connectivity index (χ1v) is 7.61. The van der Waals surface area contributed by atoms with Gasteiger partial charge in [0.15, 0.2) is 5.94 Å². The van der Waals surface area contributed by atoms with E-state index in [0.29, 0.717) is 38.1 Å². The maximum absolute atomic E-state index is 12.0. The zero-order valence-corrected chi connectivity index (χ0v) is 11.7. The van der Waals surface area contributed by atoms with Crippen LogP contribution < -0.4 is 0 Å². The Bertz CT molecular complexity index is 307. The molecule has 1 fully saturated rings. The van der Waals surface area contributed by atoms with Crippen molar-refractivity contribution in [2.24, 2.45) is 11.8 Å². The topological polar surface area (TPSA) is 55.8 Å². The van der Waals surface area contributed by atoms with Crippen molar-refractivity contribution in [3.63, 3.8) is 0 Å². The number of hydrogen-bond acceptors (Lipinski definition) is 4. The molecule has 6 heteroatoms. The van der Waals surface area contributed by atoms with Crippen LogP contribution in [0.5, 0.6) is 0 Å². The Hall–Kier alpha value is -0.170. The van der Waals surface area contributed by atoms with Crippen LogP contribution in [0.4, 0.5) is 0 Å². The van der Waals surface area contributed by atoms with Crippen LogP contribution in [-0.2, 0) is 19.5 Å². The minimum absolute atomic E-state index is 0.240. The minimum atomic E-state index is -3.27. The number of rotatable bonds is 6. The van der Waals surface area contributed by atoms with Gasteiger partial charge in [0.1, 0.15) is 0 Å². The maximum atomic E-state index is 12.0. The number of piperidine rings is 1. The van der Waals surface area contributed by atoms with Gasteiger partial charge in [-0.2, -0.15) is 4.31 Å². The van der Waals surface area contributed by atoms with Crippen molar-refractivity contribution in [2.75, 3.05) is 39.4 Å². The molecule has 0 aromatic heterocycles. The highest BCUT2D eigenvalue weighted by molar-refractivity contribution is 7.88. The second kappa shape index (κ2) is 6.68. The predicted octanol–water partition coefficient (Wildman–Crippen LogP) is 0.915. The van der Waals surface area contributed by atoms with E-state index in [1.165, 1.54) is 0 Å². The van der Waals surface area contributed by atoms with E-state index in [1.807, 2.05) is 0 Å². The summed E-state index contributed by atoms with van der Waals surface area (Å²) in [7, 11) is -1.71. The molecule has 17 heavy (non-hydrogen) atoms. The number of methoxy groups -OCH3 is 1. The molecule has 0 saturated carbocycles. The third-order valence-electron chi connectivity index (χ3n) is 2.89. The summed E-state index contributed by atoms with van der Waals surface area (Å²) in [5, 5.41) is 0. The van der Waals surface area contributed by atoms with Crippen LogP contribution in [0.25, 0.3) is 0 Å². The van der Waals surface area contributed by atoms with E-state index in [1.54, 1.807) is 11.4 Å². The largest absolute Gasteiger partial charge is 0.382 e. The molecule has 5 nitrogen and oxygen atoms in total. The molecule has 0 radical (unpaired) electrons. The van der Waals surface area contributed by atoms with Gasteiger partial charge in [0, 0.05) is 20.2 Å². The highest BCUT2D eigenvalue weighted by Gasteiger charge is 2.30. The molecule has 0 bridgehead atoms. The Morgan fingerprint density at radius 3 is 2.29 bits per heavy atom. The summed E-state index contributed by atoms with van der Waals surface area (Å²) in [4.78, 5) is 0. The quantitative estimate of drug-likeness (QED) is 0.670. The molecule has 0 amide bonds. The molecule has 0 aliphatic carbocycles.